The Hall–Kier alpha value is -4.12. The van der Waals surface area contributed by atoms with Crippen molar-refractivity contribution in [2.75, 3.05) is 36.4 Å². The Labute approximate surface area is 191 Å². The van der Waals surface area contributed by atoms with Crippen molar-refractivity contribution in [3.05, 3.63) is 94.9 Å². The molecule has 0 aliphatic carbocycles. The highest BCUT2D eigenvalue weighted by atomic mass is 19.1. The van der Waals surface area contributed by atoms with Gasteiger partial charge in [0.1, 0.15) is 17.7 Å². The zero-order valence-corrected chi connectivity index (χ0v) is 18.2. The van der Waals surface area contributed by atoms with Crippen molar-refractivity contribution in [3.63, 3.8) is 0 Å². The zero-order chi connectivity index (χ0) is 22.9. The third kappa shape index (κ3) is 3.82. The predicted octanol–water partition coefficient (Wildman–Crippen LogP) is 4.21. The van der Waals surface area contributed by atoms with E-state index >= 15 is 0 Å². The molecule has 0 bridgehead atoms. The Morgan fingerprint density at radius 2 is 1.88 bits per heavy atom. The normalized spacial score (nSPS) is 17.9. The minimum atomic E-state index is -0.416. The molecule has 1 N–H and O–H groups in total. The van der Waals surface area contributed by atoms with E-state index in [0.717, 1.165) is 22.8 Å². The molecule has 0 radical (unpaired) electrons. The lowest BCUT2D eigenvalue weighted by molar-refractivity contribution is -0.128. The lowest BCUT2D eigenvalue weighted by Crippen LogP contribution is -2.50. The van der Waals surface area contributed by atoms with E-state index in [4.69, 9.17) is 6.57 Å². The van der Waals surface area contributed by atoms with Crippen LogP contribution in [0.4, 0.5) is 21.6 Å². The molecule has 2 aromatic carbocycles. The maximum absolute atomic E-state index is 13.8. The number of hydrogen-bond donors (Lipinski definition) is 1. The van der Waals surface area contributed by atoms with Crippen LogP contribution in [-0.4, -0.2) is 46.8 Å². The third-order valence-corrected chi connectivity index (χ3v) is 6.21. The second kappa shape index (κ2) is 8.43. The quantitative estimate of drug-likeness (QED) is 0.618. The number of benzene rings is 2. The Balaban J connectivity index is 1.42. The summed E-state index contributed by atoms with van der Waals surface area (Å²) < 4.78 is 15.1. The summed E-state index contributed by atoms with van der Waals surface area (Å²) in [6.07, 6.45) is 1.70. The molecule has 1 saturated heterocycles. The molecule has 8 heteroatoms. The maximum Gasteiger partial charge on any atom is 0.254 e. The topological polar surface area (TPSA) is 57.8 Å². The predicted molar refractivity (Wildman–Crippen MR) is 125 cm³/mol. The molecule has 2 aliphatic rings. The van der Waals surface area contributed by atoms with Gasteiger partial charge in [-0.2, -0.15) is 5.10 Å². The minimum absolute atomic E-state index is 0.0434. The SMILES string of the molecule is [C-]#[N+]c1cccc(C2C(C(=O)N3CCN(c4ccc(F)cc4)CC3)=C(C)Nc3ccnn32)c1. The van der Waals surface area contributed by atoms with E-state index in [2.05, 4.69) is 20.2 Å². The van der Waals surface area contributed by atoms with Gasteiger partial charge < -0.3 is 15.1 Å². The maximum atomic E-state index is 13.8. The molecule has 1 fully saturated rings. The molecule has 5 rings (SSSR count). The van der Waals surface area contributed by atoms with Crippen molar-refractivity contribution < 1.29 is 9.18 Å². The van der Waals surface area contributed by atoms with E-state index in [1.54, 1.807) is 29.1 Å². The molecule has 33 heavy (non-hydrogen) atoms. The number of aromatic nitrogens is 2. The number of amides is 1. The summed E-state index contributed by atoms with van der Waals surface area (Å²) >= 11 is 0. The number of carbonyl (C=O) groups excluding carboxylic acids is 1. The summed E-state index contributed by atoms with van der Waals surface area (Å²) in [5.41, 5.74) is 3.74. The van der Waals surface area contributed by atoms with Crippen LogP contribution in [0, 0.1) is 12.4 Å². The fourth-order valence-corrected chi connectivity index (χ4v) is 4.55. The molecule has 3 heterocycles. The van der Waals surface area contributed by atoms with Gasteiger partial charge in [-0.05, 0) is 36.8 Å². The highest BCUT2D eigenvalue weighted by Gasteiger charge is 2.35. The van der Waals surface area contributed by atoms with E-state index in [-0.39, 0.29) is 11.7 Å². The highest BCUT2D eigenvalue weighted by molar-refractivity contribution is 5.97. The largest absolute Gasteiger partial charge is 0.368 e. The minimum Gasteiger partial charge on any atom is -0.368 e. The first-order valence-corrected chi connectivity index (χ1v) is 10.8. The zero-order valence-electron chi connectivity index (χ0n) is 18.2. The Bertz CT molecular complexity index is 1260. The first-order valence-electron chi connectivity index (χ1n) is 10.8. The van der Waals surface area contributed by atoms with Crippen LogP contribution in [0.3, 0.4) is 0 Å². The van der Waals surface area contributed by atoms with Gasteiger partial charge in [0.15, 0.2) is 5.69 Å². The fraction of sp³-hybridized carbons (Fsp3) is 0.240. The number of halogens is 1. The van der Waals surface area contributed by atoms with Gasteiger partial charge in [0.25, 0.3) is 5.91 Å². The number of hydrogen-bond acceptors (Lipinski definition) is 4. The first-order chi connectivity index (χ1) is 16.0. The van der Waals surface area contributed by atoms with Gasteiger partial charge in [-0.3, -0.25) is 4.79 Å². The van der Waals surface area contributed by atoms with Gasteiger partial charge in [0, 0.05) is 43.6 Å². The third-order valence-electron chi connectivity index (χ3n) is 6.21. The number of allylic oxidation sites excluding steroid dienone is 1. The van der Waals surface area contributed by atoms with Crippen molar-refractivity contribution in [3.8, 4) is 0 Å². The summed E-state index contributed by atoms with van der Waals surface area (Å²) in [7, 11) is 0. The number of nitrogens with one attached hydrogen (secondary N) is 1. The van der Waals surface area contributed by atoms with Crippen LogP contribution in [0.5, 0.6) is 0 Å². The average molecular weight is 442 g/mol. The number of piperazine rings is 1. The standard InChI is InChI=1S/C25H23FN6O/c1-17-23(25(33)31-14-12-30(13-15-31)21-8-6-19(26)7-9-21)24(32-22(29-17)10-11-28-32)18-4-3-5-20(16-18)27-2/h3-11,16,24,29H,12-15H2,1H3. The molecule has 1 unspecified atom stereocenters. The number of rotatable bonds is 3. The van der Waals surface area contributed by atoms with Gasteiger partial charge in [0.05, 0.1) is 18.3 Å². The molecular formula is C25H23FN6O. The van der Waals surface area contributed by atoms with Crippen molar-refractivity contribution in [2.24, 2.45) is 0 Å². The molecule has 7 nitrogen and oxygen atoms in total. The molecule has 1 amide bonds. The lowest BCUT2D eigenvalue weighted by atomic mass is 9.94. The van der Waals surface area contributed by atoms with Crippen molar-refractivity contribution in [1.82, 2.24) is 14.7 Å². The van der Waals surface area contributed by atoms with Gasteiger partial charge in [-0.1, -0.05) is 24.3 Å². The molecule has 1 atom stereocenters. The van der Waals surface area contributed by atoms with Gasteiger partial charge in [0.2, 0.25) is 0 Å². The van der Waals surface area contributed by atoms with Crippen LogP contribution in [-0.2, 0) is 4.79 Å². The molecule has 0 spiro atoms. The second-order valence-electron chi connectivity index (χ2n) is 8.19. The Morgan fingerprint density at radius 3 is 2.61 bits per heavy atom. The molecular weight excluding hydrogens is 419 g/mol. The summed E-state index contributed by atoms with van der Waals surface area (Å²) in [4.78, 5) is 21.4. The summed E-state index contributed by atoms with van der Waals surface area (Å²) in [5, 5.41) is 7.78. The Morgan fingerprint density at radius 1 is 1.12 bits per heavy atom. The summed E-state index contributed by atoms with van der Waals surface area (Å²) in [6, 6.07) is 15.3. The smallest absolute Gasteiger partial charge is 0.254 e. The summed E-state index contributed by atoms with van der Waals surface area (Å²) in [5.74, 6) is 0.507. The van der Waals surface area contributed by atoms with E-state index in [1.165, 1.54) is 12.1 Å². The van der Waals surface area contributed by atoms with Crippen LogP contribution in [0.25, 0.3) is 4.85 Å². The molecule has 2 aliphatic heterocycles. The van der Waals surface area contributed by atoms with Crippen LogP contribution >= 0.6 is 0 Å². The first kappa shape index (κ1) is 20.8. The monoisotopic (exact) mass is 442 g/mol. The van der Waals surface area contributed by atoms with Gasteiger partial charge in [-0.15, -0.1) is 0 Å². The number of carbonyl (C=O) groups is 1. The van der Waals surface area contributed by atoms with Crippen LogP contribution in [0.1, 0.15) is 18.5 Å². The molecule has 3 aromatic rings. The van der Waals surface area contributed by atoms with Crippen LogP contribution < -0.4 is 10.2 Å². The van der Waals surface area contributed by atoms with Crippen LogP contribution in [0.15, 0.2) is 72.1 Å². The van der Waals surface area contributed by atoms with E-state index in [0.29, 0.717) is 37.4 Å². The number of anilines is 2. The number of nitrogens with zero attached hydrogens (tertiary/aromatic N) is 5. The van der Waals surface area contributed by atoms with Crippen molar-refractivity contribution in [2.45, 2.75) is 13.0 Å². The average Bonchev–Trinajstić information content (AvgIpc) is 3.31. The van der Waals surface area contributed by atoms with Crippen LogP contribution in [0.2, 0.25) is 0 Å². The second-order valence-corrected chi connectivity index (χ2v) is 8.19. The van der Waals surface area contributed by atoms with E-state index in [9.17, 15) is 9.18 Å². The molecule has 0 saturated carbocycles. The van der Waals surface area contributed by atoms with Crippen molar-refractivity contribution in [1.29, 1.82) is 0 Å². The van der Waals surface area contributed by atoms with Crippen molar-refractivity contribution >= 4 is 23.1 Å². The summed E-state index contributed by atoms with van der Waals surface area (Å²) in [6.45, 7) is 11.8. The lowest BCUT2D eigenvalue weighted by Gasteiger charge is -2.38. The molecule has 166 valence electrons. The number of fused-ring (bicyclic) bond motifs is 1. The highest BCUT2D eigenvalue weighted by Crippen LogP contribution is 2.37. The van der Waals surface area contributed by atoms with E-state index < -0.39 is 6.04 Å². The fourth-order valence-electron chi connectivity index (χ4n) is 4.55. The molecule has 1 aromatic heterocycles. The van der Waals surface area contributed by atoms with E-state index in [1.807, 2.05) is 36.1 Å². The Kier molecular flexibility index (Phi) is 5.31. The van der Waals surface area contributed by atoms with Gasteiger partial charge in [-0.25, -0.2) is 13.9 Å². The van der Waals surface area contributed by atoms with Gasteiger partial charge >= 0.3 is 0 Å².